The average molecular weight is 320 g/mol. The molecule has 0 aliphatic carbocycles. The van der Waals surface area contributed by atoms with Gasteiger partial charge < -0.3 is 5.73 Å². The third kappa shape index (κ3) is 4.59. The van der Waals surface area contributed by atoms with Crippen LogP contribution in [0.4, 0.5) is 0 Å². The van der Waals surface area contributed by atoms with Gasteiger partial charge in [0.05, 0.1) is 0 Å². The molecule has 1 aromatic carbocycles. The molecule has 2 N–H and O–H groups in total. The van der Waals surface area contributed by atoms with Crippen molar-refractivity contribution in [2.45, 2.75) is 19.4 Å². The number of rotatable bonds is 3. The zero-order valence-corrected chi connectivity index (χ0v) is 12.3. The monoisotopic (exact) mass is 318 g/mol. The van der Waals surface area contributed by atoms with E-state index in [0.717, 1.165) is 23.5 Å². The molecule has 17 heavy (non-hydrogen) atoms. The van der Waals surface area contributed by atoms with Gasteiger partial charge in [-0.25, -0.2) is 0 Å². The molecule has 0 spiro atoms. The van der Waals surface area contributed by atoms with Gasteiger partial charge in [0.25, 0.3) is 0 Å². The Morgan fingerprint density at radius 3 is 2.29 bits per heavy atom. The lowest BCUT2D eigenvalue weighted by molar-refractivity contribution is 0.180. The van der Waals surface area contributed by atoms with Crippen molar-refractivity contribution in [1.29, 1.82) is 0 Å². The molecule has 1 saturated heterocycles. The van der Waals surface area contributed by atoms with Crippen molar-refractivity contribution >= 4 is 28.3 Å². The summed E-state index contributed by atoms with van der Waals surface area (Å²) in [6.45, 7) is 4.31. The van der Waals surface area contributed by atoms with Gasteiger partial charge in [0, 0.05) is 11.0 Å². The van der Waals surface area contributed by atoms with Crippen LogP contribution in [0.3, 0.4) is 0 Å². The van der Waals surface area contributed by atoms with Gasteiger partial charge in [-0.3, -0.25) is 4.90 Å². The van der Waals surface area contributed by atoms with E-state index in [4.69, 9.17) is 5.73 Å². The summed E-state index contributed by atoms with van der Waals surface area (Å²) in [5.41, 5.74) is 7.09. The molecule has 2 nitrogen and oxygen atoms in total. The average Bonchev–Trinajstić information content (AvgIpc) is 2.33. The summed E-state index contributed by atoms with van der Waals surface area (Å²) in [5.74, 6) is 0.751. The fourth-order valence-electron chi connectivity index (χ4n) is 2.23. The lowest BCUT2D eigenvalue weighted by Gasteiger charge is -2.31. The number of hydrogen-bond donors (Lipinski definition) is 1. The molecule has 0 radical (unpaired) electrons. The summed E-state index contributed by atoms with van der Waals surface area (Å²) in [5, 5.41) is 0. The van der Waals surface area contributed by atoms with Gasteiger partial charge in [-0.05, 0) is 56.1 Å². The van der Waals surface area contributed by atoms with Crippen molar-refractivity contribution in [3.8, 4) is 0 Å². The highest BCUT2D eigenvalue weighted by Gasteiger charge is 2.17. The van der Waals surface area contributed by atoms with Gasteiger partial charge in [-0.2, -0.15) is 0 Å². The zero-order valence-electron chi connectivity index (χ0n) is 9.94. The predicted molar refractivity (Wildman–Crippen MR) is 78.4 cm³/mol. The second-order valence-electron chi connectivity index (χ2n) is 4.58. The van der Waals surface area contributed by atoms with Crippen molar-refractivity contribution < 1.29 is 0 Å². The van der Waals surface area contributed by atoms with Crippen LogP contribution in [0.15, 0.2) is 28.7 Å². The Morgan fingerprint density at radius 2 is 1.76 bits per heavy atom. The van der Waals surface area contributed by atoms with Gasteiger partial charge in [0.1, 0.15) is 0 Å². The van der Waals surface area contributed by atoms with E-state index in [9.17, 15) is 0 Å². The molecule has 0 amide bonds. The van der Waals surface area contributed by atoms with E-state index in [1.165, 1.54) is 31.5 Å². The van der Waals surface area contributed by atoms with Gasteiger partial charge in [-0.15, -0.1) is 12.4 Å². The molecule has 1 aromatic rings. The summed E-state index contributed by atoms with van der Waals surface area (Å²) in [6.07, 6.45) is 2.51. The van der Waals surface area contributed by atoms with Crippen LogP contribution in [0.2, 0.25) is 0 Å². The lowest BCUT2D eigenvalue weighted by atomic mass is 9.97. The second-order valence-corrected chi connectivity index (χ2v) is 5.50. The van der Waals surface area contributed by atoms with Gasteiger partial charge in [-0.1, -0.05) is 28.1 Å². The number of likely N-dealkylation sites (tertiary alicyclic amines) is 1. The Bertz CT molecular complexity index is 321. The molecule has 96 valence electrons. The molecular weight excluding hydrogens is 300 g/mol. The fraction of sp³-hybridized carbons (Fsp3) is 0.538. The van der Waals surface area contributed by atoms with Gasteiger partial charge >= 0.3 is 0 Å². The van der Waals surface area contributed by atoms with Crippen LogP contribution >= 0.6 is 28.3 Å². The Labute approximate surface area is 118 Å². The van der Waals surface area contributed by atoms with Crippen molar-refractivity contribution in [3.63, 3.8) is 0 Å². The molecule has 1 aliphatic heterocycles. The van der Waals surface area contributed by atoms with Crippen LogP contribution in [-0.2, 0) is 6.54 Å². The molecule has 0 aromatic heterocycles. The largest absolute Gasteiger partial charge is 0.330 e. The van der Waals surface area contributed by atoms with E-state index >= 15 is 0 Å². The minimum atomic E-state index is 0. The van der Waals surface area contributed by atoms with Gasteiger partial charge in [0.15, 0.2) is 0 Å². The van der Waals surface area contributed by atoms with E-state index in [1.807, 2.05) is 0 Å². The van der Waals surface area contributed by atoms with Crippen LogP contribution < -0.4 is 5.73 Å². The first-order valence-electron chi connectivity index (χ1n) is 5.95. The maximum atomic E-state index is 5.69. The van der Waals surface area contributed by atoms with E-state index in [0.29, 0.717) is 0 Å². The Morgan fingerprint density at radius 1 is 1.18 bits per heavy atom. The first kappa shape index (κ1) is 15.0. The summed E-state index contributed by atoms with van der Waals surface area (Å²) >= 11 is 3.46. The number of piperidine rings is 1. The SMILES string of the molecule is Cl.NCC1CCN(Cc2ccc(Br)cc2)CC1. The predicted octanol–water partition coefficient (Wildman–Crippen LogP) is 3.04. The van der Waals surface area contributed by atoms with Crippen molar-refractivity contribution in [2.24, 2.45) is 11.7 Å². The first-order valence-corrected chi connectivity index (χ1v) is 6.74. The molecule has 1 aliphatic rings. The highest BCUT2D eigenvalue weighted by molar-refractivity contribution is 9.10. The van der Waals surface area contributed by atoms with Crippen molar-refractivity contribution in [1.82, 2.24) is 4.90 Å². The highest BCUT2D eigenvalue weighted by Crippen LogP contribution is 2.18. The molecular formula is C13H20BrClN2. The molecule has 0 saturated carbocycles. The second kappa shape index (κ2) is 7.37. The molecule has 1 fully saturated rings. The molecule has 0 bridgehead atoms. The van der Waals surface area contributed by atoms with Crippen LogP contribution in [0.5, 0.6) is 0 Å². The normalized spacial score (nSPS) is 17.8. The third-order valence-corrected chi connectivity index (χ3v) is 3.89. The number of halogens is 2. The topological polar surface area (TPSA) is 29.3 Å². The maximum Gasteiger partial charge on any atom is 0.0233 e. The van der Waals surface area contributed by atoms with Crippen molar-refractivity contribution in [2.75, 3.05) is 19.6 Å². The summed E-state index contributed by atoms with van der Waals surface area (Å²) in [6, 6.07) is 8.61. The van der Waals surface area contributed by atoms with Crippen LogP contribution in [-0.4, -0.2) is 24.5 Å². The van der Waals surface area contributed by atoms with E-state index < -0.39 is 0 Å². The highest BCUT2D eigenvalue weighted by atomic mass is 79.9. The van der Waals surface area contributed by atoms with Crippen LogP contribution in [0.1, 0.15) is 18.4 Å². The summed E-state index contributed by atoms with van der Waals surface area (Å²) in [7, 11) is 0. The molecule has 0 unspecified atom stereocenters. The van der Waals surface area contributed by atoms with Crippen molar-refractivity contribution in [3.05, 3.63) is 34.3 Å². The minimum absolute atomic E-state index is 0. The Kier molecular flexibility index (Phi) is 6.49. The maximum absolute atomic E-state index is 5.69. The molecule has 0 atom stereocenters. The molecule has 1 heterocycles. The Hall–Kier alpha value is -0.0900. The van der Waals surface area contributed by atoms with Crippen LogP contribution in [0, 0.1) is 5.92 Å². The third-order valence-electron chi connectivity index (χ3n) is 3.36. The Balaban J connectivity index is 0.00000144. The van der Waals surface area contributed by atoms with E-state index in [-0.39, 0.29) is 12.4 Å². The minimum Gasteiger partial charge on any atom is -0.330 e. The van der Waals surface area contributed by atoms with E-state index in [1.54, 1.807) is 0 Å². The zero-order chi connectivity index (χ0) is 11.4. The van der Waals surface area contributed by atoms with Crippen LogP contribution in [0.25, 0.3) is 0 Å². The van der Waals surface area contributed by atoms with Gasteiger partial charge in [0.2, 0.25) is 0 Å². The number of hydrogen-bond acceptors (Lipinski definition) is 2. The molecule has 2 rings (SSSR count). The summed E-state index contributed by atoms with van der Waals surface area (Å²) < 4.78 is 1.15. The first-order chi connectivity index (χ1) is 7.78. The number of benzene rings is 1. The van der Waals surface area contributed by atoms with E-state index in [2.05, 4.69) is 45.1 Å². The fourth-order valence-corrected chi connectivity index (χ4v) is 2.49. The lowest BCUT2D eigenvalue weighted by Crippen LogP contribution is -2.35. The number of nitrogens with two attached hydrogens (primary N) is 1. The quantitative estimate of drug-likeness (QED) is 0.928. The summed E-state index contributed by atoms with van der Waals surface area (Å²) in [4.78, 5) is 2.52. The smallest absolute Gasteiger partial charge is 0.0233 e. The standard InChI is InChI=1S/C13H19BrN2.ClH/c14-13-3-1-12(2-4-13)10-16-7-5-11(9-15)6-8-16;/h1-4,11H,5-10,15H2;1H. The molecule has 4 heteroatoms. The number of nitrogens with zero attached hydrogens (tertiary/aromatic N) is 1.